The molecule has 16 heavy (non-hydrogen) atoms. The number of anilines is 1. The first kappa shape index (κ1) is 11.4. The van der Waals surface area contributed by atoms with Crippen LogP contribution in [0.5, 0.6) is 0 Å². The fraction of sp³-hybridized carbons (Fsp3) is 0.727. The molecule has 0 saturated carbocycles. The standard InChI is InChI=1S/C11H19N3O2/c1-15-8-5-13-11-12-4-6-14(11)9-10-3-2-7-16-10/h4,6,10H,2-3,5,7-9H2,1H3,(H,12,13). The van der Waals surface area contributed by atoms with Crippen LogP contribution in [0.1, 0.15) is 12.8 Å². The van der Waals surface area contributed by atoms with Gasteiger partial charge in [-0.05, 0) is 12.8 Å². The highest BCUT2D eigenvalue weighted by atomic mass is 16.5. The molecular formula is C11H19N3O2. The van der Waals surface area contributed by atoms with Gasteiger partial charge in [-0.1, -0.05) is 0 Å². The zero-order chi connectivity index (χ0) is 11.2. The summed E-state index contributed by atoms with van der Waals surface area (Å²) in [6.07, 6.45) is 6.46. The van der Waals surface area contributed by atoms with Gasteiger partial charge in [-0.2, -0.15) is 0 Å². The summed E-state index contributed by atoms with van der Waals surface area (Å²) in [7, 11) is 1.69. The number of hydrogen-bond acceptors (Lipinski definition) is 4. The molecule has 1 saturated heterocycles. The minimum Gasteiger partial charge on any atom is -0.383 e. The highest BCUT2D eigenvalue weighted by molar-refractivity contribution is 5.25. The molecule has 0 radical (unpaired) electrons. The Hall–Kier alpha value is -1.07. The summed E-state index contributed by atoms with van der Waals surface area (Å²) in [6, 6.07) is 0. The molecule has 1 aliphatic heterocycles. The van der Waals surface area contributed by atoms with Crippen molar-refractivity contribution in [1.82, 2.24) is 9.55 Å². The van der Waals surface area contributed by atoms with E-state index < -0.39 is 0 Å². The van der Waals surface area contributed by atoms with Crippen molar-refractivity contribution < 1.29 is 9.47 Å². The first-order chi connectivity index (χ1) is 7.90. The number of nitrogens with zero attached hydrogens (tertiary/aromatic N) is 2. The van der Waals surface area contributed by atoms with Crippen molar-refractivity contribution >= 4 is 5.95 Å². The van der Waals surface area contributed by atoms with Crippen LogP contribution in [-0.4, -0.2) is 42.5 Å². The summed E-state index contributed by atoms with van der Waals surface area (Å²) in [5.41, 5.74) is 0. The number of nitrogens with one attached hydrogen (secondary N) is 1. The van der Waals surface area contributed by atoms with E-state index in [1.54, 1.807) is 7.11 Å². The Morgan fingerprint density at radius 3 is 3.38 bits per heavy atom. The van der Waals surface area contributed by atoms with E-state index in [0.29, 0.717) is 12.7 Å². The second-order valence-corrected chi connectivity index (χ2v) is 3.96. The van der Waals surface area contributed by atoms with Crippen LogP contribution in [0, 0.1) is 0 Å². The monoisotopic (exact) mass is 225 g/mol. The van der Waals surface area contributed by atoms with Gasteiger partial charge in [0.2, 0.25) is 5.95 Å². The molecule has 1 aromatic heterocycles. The fourth-order valence-electron chi connectivity index (χ4n) is 1.90. The van der Waals surface area contributed by atoms with Gasteiger partial charge < -0.3 is 19.4 Å². The number of ether oxygens (including phenoxy) is 2. The van der Waals surface area contributed by atoms with Gasteiger partial charge in [0, 0.05) is 32.7 Å². The van der Waals surface area contributed by atoms with Gasteiger partial charge in [0.05, 0.1) is 19.3 Å². The van der Waals surface area contributed by atoms with Crippen LogP contribution >= 0.6 is 0 Å². The van der Waals surface area contributed by atoms with Gasteiger partial charge in [0.25, 0.3) is 0 Å². The Morgan fingerprint density at radius 1 is 1.69 bits per heavy atom. The Kier molecular flexibility index (Phi) is 4.18. The minimum atomic E-state index is 0.345. The van der Waals surface area contributed by atoms with Crippen LogP contribution in [0.15, 0.2) is 12.4 Å². The molecule has 0 spiro atoms. The molecule has 1 atom stereocenters. The van der Waals surface area contributed by atoms with E-state index in [-0.39, 0.29) is 0 Å². The van der Waals surface area contributed by atoms with Crippen molar-refractivity contribution in [2.24, 2.45) is 0 Å². The summed E-state index contributed by atoms with van der Waals surface area (Å²) >= 11 is 0. The number of rotatable bonds is 6. The van der Waals surface area contributed by atoms with Crippen LogP contribution in [-0.2, 0) is 16.0 Å². The molecule has 5 heteroatoms. The molecule has 1 fully saturated rings. The van der Waals surface area contributed by atoms with E-state index in [2.05, 4.69) is 14.9 Å². The van der Waals surface area contributed by atoms with Crippen LogP contribution in [0.4, 0.5) is 5.95 Å². The molecule has 1 aromatic rings. The quantitative estimate of drug-likeness (QED) is 0.737. The van der Waals surface area contributed by atoms with Gasteiger partial charge in [-0.25, -0.2) is 4.98 Å². The Labute approximate surface area is 95.8 Å². The average molecular weight is 225 g/mol. The fourth-order valence-corrected chi connectivity index (χ4v) is 1.90. The molecule has 1 N–H and O–H groups in total. The largest absolute Gasteiger partial charge is 0.383 e. The van der Waals surface area contributed by atoms with Gasteiger partial charge >= 0.3 is 0 Å². The maximum Gasteiger partial charge on any atom is 0.202 e. The molecule has 0 amide bonds. The highest BCUT2D eigenvalue weighted by Crippen LogP contribution is 2.16. The van der Waals surface area contributed by atoms with E-state index >= 15 is 0 Å². The lowest BCUT2D eigenvalue weighted by Crippen LogP contribution is -2.18. The normalized spacial score (nSPS) is 20.2. The molecule has 1 unspecified atom stereocenters. The average Bonchev–Trinajstić information content (AvgIpc) is 2.92. The summed E-state index contributed by atoms with van der Waals surface area (Å²) < 4.78 is 12.7. The molecule has 0 aliphatic carbocycles. The van der Waals surface area contributed by atoms with Gasteiger partial charge in [-0.15, -0.1) is 0 Å². The molecule has 2 rings (SSSR count). The van der Waals surface area contributed by atoms with Crippen LogP contribution in [0.3, 0.4) is 0 Å². The summed E-state index contributed by atoms with van der Waals surface area (Å²) in [5.74, 6) is 0.896. The van der Waals surface area contributed by atoms with Gasteiger partial charge in [0.1, 0.15) is 0 Å². The first-order valence-corrected chi connectivity index (χ1v) is 5.75. The predicted octanol–water partition coefficient (Wildman–Crippen LogP) is 1.12. The van der Waals surface area contributed by atoms with Crippen molar-refractivity contribution in [3.05, 3.63) is 12.4 Å². The lowest BCUT2D eigenvalue weighted by Gasteiger charge is -2.13. The van der Waals surface area contributed by atoms with E-state index in [9.17, 15) is 0 Å². The molecule has 1 aliphatic rings. The van der Waals surface area contributed by atoms with Crippen LogP contribution in [0.2, 0.25) is 0 Å². The van der Waals surface area contributed by atoms with Crippen molar-refractivity contribution in [1.29, 1.82) is 0 Å². The SMILES string of the molecule is COCCNc1nccn1CC1CCCO1. The maximum absolute atomic E-state index is 5.61. The Balaban J connectivity index is 1.85. The molecule has 0 bridgehead atoms. The molecule has 2 heterocycles. The first-order valence-electron chi connectivity index (χ1n) is 5.75. The molecule has 90 valence electrons. The van der Waals surface area contributed by atoms with E-state index in [4.69, 9.17) is 9.47 Å². The molecule has 0 aromatic carbocycles. The summed E-state index contributed by atoms with van der Waals surface area (Å²) in [5, 5.41) is 3.24. The van der Waals surface area contributed by atoms with E-state index in [0.717, 1.165) is 32.1 Å². The van der Waals surface area contributed by atoms with Gasteiger partial charge in [0.15, 0.2) is 0 Å². The number of aromatic nitrogens is 2. The predicted molar refractivity (Wildman–Crippen MR) is 61.6 cm³/mol. The second-order valence-electron chi connectivity index (χ2n) is 3.96. The van der Waals surface area contributed by atoms with Crippen molar-refractivity contribution in [3.63, 3.8) is 0 Å². The van der Waals surface area contributed by atoms with Crippen LogP contribution in [0.25, 0.3) is 0 Å². The van der Waals surface area contributed by atoms with Crippen LogP contribution < -0.4 is 5.32 Å². The Morgan fingerprint density at radius 2 is 2.62 bits per heavy atom. The second kappa shape index (κ2) is 5.86. The number of methoxy groups -OCH3 is 1. The number of imidazole rings is 1. The summed E-state index contributed by atoms with van der Waals surface area (Å²) in [6.45, 7) is 3.24. The third-order valence-corrected chi connectivity index (χ3v) is 2.73. The zero-order valence-electron chi connectivity index (χ0n) is 9.69. The highest BCUT2D eigenvalue weighted by Gasteiger charge is 2.16. The zero-order valence-corrected chi connectivity index (χ0v) is 9.69. The van der Waals surface area contributed by atoms with E-state index in [1.165, 1.54) is 6.42 Å². The maximum atomic E-state index is 5.61. The third kappa shape index (κ3) is 2.96. The Bertz CT molecular complexity index is 308. The van der Waals surface area contributed by atoms with Crippen molar-refractivity contribution in [3.8, 4) is 0 Å². The summed E-state index contributed by atoms with van der Waals surface area (Å²) in [4.78, 5) is 4.27. The lowest BCUT2D eigenvalue weighted by atomic mass is 10.2. The lowest BCUT2D eigenvalue weighted by molar-refractivity contribution is 0.0974. The van der Waals surface area contributed by atoms with Gasteiger partial charge in [-0.3, -0.25) is 0 Å². The molecule has 5 nitrogen and oxygen atoms in total. The minimum absolute atomic E-state index is 0.345. The topological polar surface area (TPSA) is 48.3 Å². The smallest absolute Gasteiger partial charge is 0.202 e. The molecular weight excluding hydrogens is 206 g/mol. The number of hydrogen-bond donors (Lipinski definition) is 1. The van der Waals surface area contributed by atoms with E-state index in [1.807, 2.05) is 12.4 Å². The van der Waals surface area contributed by atoms with Crippen molar-refractivity contribution in [2.75, 3.05) is 32.2 Å². The third-order valence-electron chi connectivity index (χ3n) is 2.73. The van der Waals surface area contributed by atoms with Crippen molar-refractivity contribution in [2.45, 2.75) is 25.5 Å².